The van der Waals surface area contributed by atoms with Gasteiger partial charge in [0.1, 0.15) is 23.5 Å². The van der Waals surface area contributed by atoms with Crippen molar-refractivity contribution in [1.29, 1.82) is 0 Å². The quantitative estimate of drug-likeness (QED) is 0.113. The van der Waals surface area contributed by atoms with Gasteiger partial charge in [-0.2, -0.15) is 9.97 Å². The minimum absolute atomic E-state index is 0.0597. The number of hydrogen-bond donors (Lipinski definition) is 1. The van der Waals surface area contributed by atoms with E-state index in [1.165, 1.54) is 25.7 Å². The number of hydrogen-bond acceptors (Lipinski definition) is 10. The molecule has 3 unspecified atom stereocenters. The molecule has 0 radical (unpaired) electrons. The summed E-state index contributed by atoms with van der Waals surface area (Å²) < 4.78 is 21.3. The minimum atomic E-state index is -0.419. The van der Waals surface area contributed by atoms with Crippen LogP contribution in [0, 0.1) is 23.7 Å². The maximum atomic E-state index is 10.4. The molecule has 0 amide bonds. The summed E-state index contributed by atoms with van der Waals surface area (Å²) >= 11 is 0. The number of nitrogens with zero attached hydrogens (tertiary/aromatic N) is 6. The fraction of sp³-hybridized carbons (Fsp3) is 0.393. The van der Waals surface area contributed by atoms with E-state index in [2.05, 4.69) is 84.3 Å². The molecule has 6 saturated heterocycles. The van der Waals surface area contributed by atoms with Crippen molar-refractivity contribution in [1.82, 2.24) is 29.7 Å². The highest BCUT2D eigenvalue weighted by Crippen LogP contribution is 2.49. The van der Waals surface area contributed by atoms with Crippen molar-refractivity contribution >= 4 is 21.8 Å². The van der Waals surface area contributed by atoms with E-state index in [9.17, 15) is 5.11 Å². The van der Waals surface area contributed by atoms with Gasteiger partial charge in [0.2, 0.25) is 11.8 Å². The maximum Gasteiger partial charge on any atom is 0.229 e. The topological polar surface area (TPSA) is 106 Å². The van der Waals surface area contributed by atoms with Crippen LogP contribution in [-0.4, -0.2) is 80.2 Å². The number of aliphatic hydroxyl groups is 1. The average molecular weight is 881 g/mol. The molecule has 6 aliphatic rings. The number of benzene rings is 4. The Labute approximate surface area is 388 Å². The summed E-state index contributed by atoms with van der Waals surface area (Å²) in [5, 5.41) is 12.4. The van der Waals surface area contributed by atoms with Crippen LogP contribution in [-0.2, 0) is 6.61 Å². The third-order valence-corrected chi connectivity index (χ3v) is 15.7. The van der Waals surface area contributed by atoms with E-state index >= 15 is 0 Å². The van der Waals surface area contributed by atoms with Gasteiger partial charge < -0.3 is 19.3 Å². The summed E-state index contributed by atoms with van der Waals surface area (Å²) in [6, 6.07) is 37.2. The number of ether oxygens (including phenoxy) is 3. The summed E-state index contributed by atoms with van der Waals surface area (Å²) in [4.78, 5) is 25.9. The van der Waals surface area contributed by atoms with Gasteiger partial charge in [-0.05, 0) is 116 Å². The zero-order valence-corrected chi connectivity index (χ0v) is 38.3. The average Bonchev–Trinajstić information content (AvgIpc) is 3.39. The van der Waals surface area contributed by atoms with Crippen LogP contribution in [0.5, 0.6) is 17.5 Å². The molecule has 66 heavy (non-hydrogen) atoms. The Morgan fingerprint density at radius 1 is 0.636 bits per heavy atom. The largest absolute Gasteiger partial charge is 0.497 e. The van der Waals surface area contributed by atoms with Gasteiger partial charge in [0.15, 0.2) is 5.82 Å². The molecule has 3 aromatic heterocycles. The molecule has 6 aliphatic heterocycles. The van der Waals surface area contributed by atoms with Crippen LogP contribution >= 0.6 is 0 Å². The monoisotopic (exact) mass is 880 g/mol. The van der Waals surface area contributed by atoms with E-state index < -0.39 is 12.2 Å². The Morgan fingerprint density at radius 3 is 1.67 bits per heavy atom. The van der Waals surface area contributed by atoms with Gasteiger partial charge in [0.05, 0.1) is 36.8 Å². The van der Waals surface area contributed by atoms with Gasteiger partial charge in [-0.15, -0.1) is 0 Å². The molecular weight excluding hydrogens is 821 g/mol. The zero-order chi connectivity index (χ0) is 44.7. The number of aliphatic hydroxyl groups excluding tert-OH is 1. The lowest BCUT2D eigenvalue weighted by molar-refractivity contribution is -0.0510. The molecule has 9 heterocycles. The molecule has 0 aliphatic carbocycles. The normalized spacial score (nSPS) is 25.5. The molecular formula is C56H60N6O4. The molecule has 10 heteroatoms. The highest BCUT2D eigenvalue weighted by molar-refractivity contribution is 5.85. The van der Waals surface area contributed by atoms with E-state index in [4.69, 9.17) is 34.1 Å². The van der Waals surface area contributed by atoms with Crippen molar-refractivity contribution < 1.29 is 19.3 Å². The molecule has 13 rings (SSSR count). The lowest BCUT2D eigenvalue weighted by atomic mass is 9.72. The molecule has 0 saturated carbocycles. The van der Waals surface area contributed by atoms with E-state index in [0.29, 0.717) is 41.3 Å². The molecule has 0 spiro atoms. The van der Waals surface area contributed by atoms with Crippen LogP contribution in [0.25, 0.3) is 44.3 Å². The van der Waals surface area contributed by atoms with Gasteiger partial charge in [0.25, 0.3) is 0 Å². The van der Waals surface area contributed by atoms with Crippen molar-refractivity contribution in [2.75, 3.05) is 33.3 Å². The number of rotatable bonds is 14. The number of aromatic nitrogens is 4. The standard InChI is InChI=1S/C56H60N6O4/c1-4-36-32-61-26-22-40(36)29-49(61)52(43-20-24-57-47-18-16-35(34-63)28-45(43)47)65-55-51(38-12-8-6-9-13-38)56(60-54(59-55)39-14-10-7-11-15-39)66-53(50-30-41-23-27-62(50)33-37(41)5-2)44-21-25-58-48-19-17-42(64-3)31-46(44)48/h6-21,24-25,28,31,36-37,40-41,49-50,52-53,63H,4-5,22-23,26-27,29-30,32-34H2,1-3H3/t36-,37-,40+,41?,49+,50+,52-,53-/m0/s1. The van der Waals surface area contributed by atoms with E-state index in [1.54, 1.807) is 7.11 Å². The van der Waals surface area contributed by atoms with Crippen molar-refractivity contribution in [3.05, 3.63) is 138 Å². The van der Waals surface area contributed by atoms with E-state index in [-0.39, 0.29) is 18.7 Å². The van der Waals surface area contributed by atoms with Gasteiger partial charge in [-0.3, -0.25) is 19.8 Å². The van der Waals surface area contributed by atoms with Crippen molar-refractivity contribution in [3.8, 4) is 40.0 Å². The predicted molar refractivity (Wildman–Crippen MR) is 259 cm³/mol. The maximum absolute atomic E-state index is 10.4. The second-order valence-corrected chi connectivity index (χ2v) is 19.1. The van der Waals surface area contributed by atoms with Gasteiger partial charge in [-0.25, -0.2) is 0 Å². The Kier molecular flexibility index (Phi) is 11.9. The molecule has 6 fully saturated rings. The molecule has 4 aromatic carbocycles. The first kappa shape index (κ1) is 42.7. The van der Waals surface area contributed by atoms with Crippen molar-refractivity contribution in [3.63, 3.8) is 0 Å². The Bertz CT molecular complexity index is 2680. The van der Waals surface area contributed by atoms with E-state index in [1.807, 2.05) is 60.9 Å². The van der Waals surface area contributed by atoms with Crippen LogP contribution in [0.4, 0.5) is 0 Å². The number of methoxy groups -OCH3 is 1. The lowest BCUT2D eigenvalue weighted by Gasteiger charge is -2.52. The summed E-state index contributed by atoms with van der Waals surface area (Å²) in [6.07, 6.45) is 9.78. The van der Waals surface area contributed by atoms with Crippen LogP contribution in [0.3, 0.4) is 0 Å². The lowest BCUT2D eigenvalue weighted by Crippen LogP contribution is -2.56. The summed E-state index contributed by atoms with van der Waals surface area (Å²) in [7, 11) is 1.71. The SMILES string of the molecule is CC[C@H]1CN2CCC1C[C@@H]2[C@@H](Oc1nc(-c2ccccc2)nc(O[C@@H](c2ccnc3ccc(CO)cc23)[C@H]2C[C@H]3CCN2C[C@@H]3CC)c1-c1ccccc1)c1ccnc2ccc(OC)cc12. The summed E-state index contributed by atoms with van der Waals surface area (Å²) in [6.45, 7) is 8.76. The zero-order valence-electron chi connectivity index (χ0n) is 38.3. The van der Waals surface area contributed by atoms with Gasteiger partial charge in [0, 0.05) is 52.9 Å². The number of piperidine rings is 6. The minimum Gasteiger partial charge on any atom is -0.497 e. The molecule has 10 atom stereocenters. The fourth-order valence-corrected chi connectivity index (χ4v) is 12.1. The van der Waals surface area contributed by atoms with Crippen LogP contribution in [0.1, 0.15) is 81.3 Å². The van der Waals surface area contributed by atoms with Crippen LogP contribution in [0.2, 0.25) is 0 Å². The summed E-state index contributed by atoms with van der Waals surface area (Å²) in [5.41, 5.74) is 7.20. The Hall–Kier alpha value is -5.94. The second kappa shape index (κ2) is 18.4. The van der Waals surface area contributed by atoms with Gasteiger partial charge in [-0.1, -0.05) is 93.4 Å². The smallest absolute Gasteiger partial charge is 0.229 e. The summed E-state index contributed by atoms with van der Waals surface area (Å²) in [5.74, 6) is 4.83. The number of pyridine rings is 2. The van der Waals surface area contributed by atoms with Crippen molar-refractivity contribution in [2.24, 2.45) is 23.7 Å². The van der Waals surface area contributed by atoms with Gasteiger partial charge >= 0.3 is 0 Å². The molecule has 1 N–H and O–H groups in total. The Morgan fingerprint density at radius 2 is 1.17 bits per heavy atom. The molecule has 7 aromatic rings. The predicted octanol–water partition coefficient (Wildman–Crippen LogP) is 10.9. The van der Waals surface area contributed by atoms with Crippen molar-refractivity contribution in [2.45, 2.75) is 83.3 Å². The molecule has 4 bridgehead atoms. The Balaban J connectivity index is 1.13. The molecule has 10 nitrogen and oxygen atoms in total. The first-order chi connectivity index (χ1) is 32.5. The highest BCUT2D eigenvalue weighted by atomic mass is 16.5. The third-order valence-electron chi connectivity index (χ3n) is 15.7. The number of fused-ring (bicyclic) bond motifs is 8. The highest BCUT2D eigenvalue weighted by Gasteiger charge is 2.47. The second-order valence-electron chi connectivity index (χ2n) is 19.1. The third kappa shape index (κ3) is 7.96. The van der Waals surface area contributed by atoms with Crippen LogP contribution < -0.4 is 14.2 Å². The van der Waals surface area contributed by atoms with Crippen LogP contribution in [0.15, 0.2) is 122 Å². The first-order valence-corrected chi connectivity index (χ1v) is 24.2. The first-order valence-electron chi connectivity index (χ1n) is 24.2. The fourth-order valence-electron chi connectivity index (χ4n) is 12.1. The van der Waals surface area contributed by atoms with E-state index in [0.717, 1.165) is 100.0 Å². The molecule has 338 valence electrons.